The quantitative estimate of drug-likeness (QED) is 0.313. The van der Waals surface area contributed by atoms with Gasteiger partial charge in [-0.25, -0.2) is 22.9 Å². The molecular weight excluding hydrogens is 545 g/mol. The van der Waals surface area contributed by atoms with Crippen LogP contribution in [0.1, 0.15) is 24.2 Å². The SMILES string of the molecule is CCC(c1cccc(-c2nc(-c3ccc(N4CCNCC4)cc3)sc2-c2ccncc2)c1F)S(N)(=O)=O.Cl. The van der Waals surface area contributed by atoms with Gasteiger partial charge in [0, 0.05) is 61.0 Å². The van der Waals surface area contributed by atoms with Gasteiger partial charge in [-0.15, -0.1) is 23.7 Å². The molecular formula is C27H29ClFN5O2S2. The van der Waals surface area contributed by atoms with Gasteiger partial charge in [0.15, 0.2) is 0 Å². The Hall–Kier alpha value is -2.89. The van der Waals surface area contributed by atoms with Crippen LogP contribution in [-0.2, 0) is 10.0 Å². The van der Waals surface area contributed by atoms with E-state index in [2.05, 4.69) is 27.3 Å². The van der Waals surface area contributed by atoms with Crippen molar-refractivity contribution < 1.29 is 12.8 Å². The van der Waals surface area contributed by atoms with Gasteiger partial charge in [0.1, 0.15) is 16.1 Å². The van der Waals surface area contributed by atoms with Crippen LogP contribution < -0.4 is 15.4 Å². The zero-order valence-electron chi connectivity index (χ0n) is 20.8. The lowest BCUT2D eigenvalue weighted by Crippen LogP contribution is -2.43. The number of nitrogens with one attached hydrogen (secondary N) is 1. The molecule has 0 bridgehead atoms. The molecule has 0 aliphatic carbocycles. The second-order valence-electron chi connectivity index (χ2n) is 8.91. The van der Waals surface area contributed by atoms with Crippen molar-refractivity contribution in [3.05, 3.63) is 78.4 Å². The van der Waals surface area contributed by atoms with Crippen LogP contribution in [0.4, 0.5) is 10.1 Å². The van der Waals surface area contributed by atoms with E-state index in [0.717, 1.165) is 52.9 Å². The maximum atomic E-state index is 15.9. The van der Waals surface area contributed by atoms with Crippen LogP contribution in [0, 0.1) is 5.82 Å². The first-order chi connectivity index (χ1) is 17.9. The zero-order chi connectivity index (χ0) is 26.0. The highest BCUT2D eigenvalue weighted by Gasteiger charge is 2.28. The predicted octanol–water partition coefficient (Wildman–Crippen LogP) is 5.25. The van der Waals surface area contributed by atoms with E-state index in [9.17, 15) is 8.42 Å². The first-order valence-electron chi connectivity index (χ1n) is 12.1. The molecule has 0 spiro atoms. The Morgan fingerprint density at radius 2 is 1.74 bits per heavy atom. The van der Waals surface area contributed by atoms with Crippen LogP contribution in [0.25, 0.3) is 32.3 Å². The van der Waals surface area contributed by atoms with E-state index in [-0.39, 0.29) is 30.0 Å². The fourth-order valence-corrected chi connectivity index (χ4v) is 6.76. The van der Waals surface area contributed by atoms with Crippen molar-refractivity contribution in [1.29, 1.82) is 0 Å². The van der Waals surface area contributed by atoms with Gasteiger partial charge >= 0.3 is 0 Å². The van der Waals surface area contributed by atoms with E-state index in [1.54, 1.807) is 31.5 Å². The lowest BCUT2D eigenvalue weighted by molar-refractivity contribution is 0.566. The number of pyridine rings is 1. The topological polar surface area (TPSA) is 101 Å². The van der Waals surface area contributed by atoms with Gasteiger partial charge in [-0.1, -0.05) is 19.1 Å². The zero-order valence-corrected chi connectivity index (χ0v) is 23.3. The molecule has 0 radical (unpaired) electrons. The fraction of sp³-hybridized carbons (Fsp3) is 0.259. The average molecular weight is 574 g/mol. The third kappa shape index (κ3) is 5.74. The number of aromatic nitrogens is 2. The summed E-state index contributed by atoms with van der Waals surface area (Å²) in [6.45, 7) is 5.51. The number of piperazine rings is 1. The van der Waals surface area contributed by atoms with Crippen molar-refractivity contribution in [2.24, 2.45) is 5.14 Å². The summed E-state index contributed by atoms with van der Waals surface area (Å²) < 4.78 is 40.2. The van der Waals surface area contributed by atoms with Gasteiger partial charge in [-0.3, -0.25) is 4.98 Å². The molecule has 7 nitrogen and oxygen atoms in total. The van der Waals surface area contributed by atoms with E-state index < -0.39 is 21.1 Å². The highest BCUT2D eigenvalue weighted by atomic mass is 35.5. The van der Waals surface area contributed by atoms with Crippen molar-refractivity contribution in [2.45, 2.75) is 18.6 Å². The van der Waals surface area contributed by atoms with E-state index in [1.165, 1.54) is 17.4 Å². The minimum atomic E-state index is -3.98. The van der Waals surface area contributed by atoms with E-state index in [0.29, 0.717) is 5.69 Å². The smallest absolute Gasteiger partial charge is 0.216 e. The summed E-state index contributed by atoms with van der Waals surface area (Å²) >= 11 is 1.46. The molecule has 11 heteroatoms. The molecule has 38 heavy (non-hydrogen) atoms. The molecule has 1 aliphatic heterocycles. The third-order valence-corrected chi connectivity index (χ3v) is 9.10. The van der Waals surface area contributed by atoms with E-state index in [4.69, 9.17) is 10.1 Å². The lowest BCUT2D eigenvalue weighted by Gasteiger charge is -2.29. The van der Waals surface area contributed by atoms with Crippen molar-refractivity contribution in [3.8, 4) is 32.3 Å². The highest BCUT2D eigenvalue weighted by Crippen LogP contribution is 2.42. The predicted molar refractivity (Wildman–Crippen MR) is 155 cm³/mol. The number of nitrogens with two attached hydrogens (primary N) is 1. The second-order valence-corrected chi connectivity index (χ2v) is 11.7. The Labute approximate surface area is 232 Å². The Balaban J connectivity index is 0.00000336. The summed E-state index contributed by atoms with van der Waals surface area (Å²) in [5, 5.41) is 8.40. The van der Waals surface area contributed by atoms with E-state index >= 15 is 4.39 Å². The van der Waals surface area contributed by atoms with Crippen molar-refractivity contribution in [2.75, 3.05) is 31.1 Å². The molecule has 1 saturated heterocycles. The normalized spacial score (nSPS) is 14.7. The molecule has 1 unspecified atom stereocenters. The Bertz CT molecular complexity index is 1490. The summed E-state index contributed by atoms with van der Waals surface area (Å²) in [5.74, 6) is -0.621. The number of anilines is 1. The fourth-order valence-electron chi connectivity index (χ4n) is 4.67. The molecule has 2 aromatic heterocycles. The maximum Gasteiger partial charge on any atom is 0.216 e. The van der Waals surface area contributed by atoms with Gasteiger partial charge in [-0.05, 0) is 54.4 Å². The van der Waals surface area contributed by atoms with Crippen LogP contribution in [-0.4, -0.2) is 44.6 Å². The number of halogens is 2. The Morgan fingerprint density at radius 3 is 2.37 bits per heavy atom. The largest absolute Gasteiger partial charge is 0.369 e. The standard InChI is InChI=1S/C27H28FN5O2S2.ClH/c1-2-23(37(29,34)35)21-4-3-5-22(24(21)28)25-26(18-10-12-30-13-11-18)36-27(32-25)19-6-8-20(9-7-19)33-16-14-31-15-17-33;/h3-13,23,31H,2,14-17H2,1H3,(H2,29,34,35);1H. The molecule has 1 atom stereocenters. The van der Waals surface area contributed by atoms with Crippen LogP contribution in [0.2, 0.25) is 0 Å². The van der Waals surface area contributed by atoms with Crippen LogP contribution in [0.15, 0.2) is 67.0 Å². The number of benzene rings is 2. The van der Waals surface area contributed by atoms with Crippen LogP contribution in [0.3, 0.4) is 0 Å². The van der Waals surface area contributed by atoms with Crippen molar-refractivity contribution in [3.63, 3.8) is 0 Å². The number of thiazole rings is 1. The second kappa shape index (κ2) is 11.9. The highest BCUT2D eigenvalue weighted by molar-refractivity contribution is 7.89. The minimum absolute atomic E-state index is 0. The monoisotopic (exact) mass is 573 g/mol. The minimum Gasteiger partial charge on any atom is -0.369 e. The molecule has 0 amide bonds. The Morgan fingerprint density at radius 1 is 1.05 bits per heavy atom. The summed E-state index contributed by atoms with van der Waals surface area (Å²) in [7, 11) is -3.98. The average Bonchev–Trinajstić information content (AvgIpc) is 3.36. The Kier molecular flexibility index (Phi) is 8.79. The molecule has 4 aromatic rings. The summed E-state index contributed by atoms with van der Waals surface area (Å²) in [6, 6.07) is 16.7. The van der Waals surface area contributed by atoms with Crippen molar-refractivity contribution in [1.82, 2.24) is 15.3 Å². The molecule has 5 rings (SSSR count). The van der Waals surface area contributed by atoms with Gasteiger partial charge in [0.05, 0.1) is 10.6 Å². The summed E-state index contributed by atoms with van der Waals surface area (Å²) in [4.78, 5) is 12.1. The summed E-state index contributed by atoms with van der Waals surface area (Å²) in [5.41, 5.74) is 3.70. The first kappa shape index (κ1) is 28.1. The molecule has 1 fully saturated rings. The third-order valence-electron chi connectivity index (χ3n) is 6.56. The number of hydrogen-bond acceptors (Lipinski definition) is 7. The molecule has 3 heterocycles. The van der Waals surface area contributed by atoms with Gasteiger partial charge < -0.3 is 10.2 Å². The van der Waals surface area contributed by atoms with Gasteiger partial charge in [0.2, 0.25) is 10.0 Å². The number of sulfonamides is 1. The molecule has 1 aliphatic rings. The summed E-state index contributed by atoms with van der Waals surface area (Å²) in [6.07, 6.45) is 3.53. The number of primary sulfonamides is 1. The lowest BCUT2D eigenvalue weighted by atomic mass is 10.0. The molecule has 2 aromatic carbocycles. The molecule has 3 N–H and O–H groups in total. The number of nitrogens with zero attached hydrogens (tertiary/aromatic N) is 3. The number of hydrogen-bond donors (Lipinski definition) is 2. The van der Waals surface area contributed by atoms with Crippen LogP contribution in [0.5, 0.6) is 0 Å². The van der Waals surface area contributed by atoms with Gasteiger partial charge in [0.25, 0.3) is 0 Å². The first-order valence-corrected chi connectivity index (χ1v) is 14.6. The number of rotatable bonds is 7. The maximum absolute atomic E-state index is 15.9. The van der Waals surface area contributed by atoms with E-state index in [1.807, 2.05) is 24.3 Å². The van der Waals surface area contributed by atoms with Gasteiger partial charge in [-0.2, -0.15) is 0 Å². The molecule has 0 saturated carbocycles. The molecule has 200 valence electrons. The van der Waals surface area contributed by atoms with Crippen LogP contribution >= 0.6 is 23.7 Å². The van der Waals surface area contributed by atoms with Crippen molar-refractivity contribution >= 4 is 39.5 Å².